The molecule has 18 heavy (non-hydrogen) atoms. The van der Waals surface area contributed by atoms with Gasteiger partial charge in [0, 0.05) is 0 Å². The number of aliphatic carboxylic acids is 1. The molecule has 0 unspecified atom stereocenters. The molecular weight excluding hydrogens is 256 g/mol. The number of carboxylic acids is 1. The molecule has 0 spiro atoms. The van der Waals surface area contributed by atoms with Crippen LogP contribution in [0.25, 0.3) is 0 Å². The Morgan fingerprint density at radius 2 is 2.06 bits per heavy atom. The van der Waals surface area contributed by atoms with Crippen LogP contribution in [0.4, 0.5) is 0 Å². The summed E-state index contributed by atoms with van der Waals surface area (Å²) in [5.41, 5.74) is 1.77. The van der Waals surface area contributed by atoms with Crippen LogP contribution in [0.1, 0.15) is 11.1 Å². The topological polar surface area (TPSA) is 80.7 Å². The molecule has 0 aliphatic carbocycles. The van der Waals surface area contributed by atoms with Crippen molar-refractivity contribution < 1.29 is 23.1 Å². The molecule has 100 valence electrons. The van der Waals surface area contributed by atoms with Gasteiger partial charge in [0.15, 0.2) is 9.84 Å². The summed E-state index contributed by atoms with van der Waals surface area (Å²) >= 11 is 0. The molecular formula is C12H16O5S. The van der Waals surface area contributed by atoms with Crippen LogP contribution in [-0.4, -0.2) is 38.1 Å². The molecule has 0 bridgehead atoms. The molecule has 0 radical (unpaired) electrons. The molecule has 1 rings (SSSR count). The number of benzene rings is 1. The Labute approximate surface area is 106 Å². The van der Waals surface area contributed by atoms with E-state index < -0.39 is 21.6 Å². The van der Waals surface area contributed by atoms with Crippen molar-refractivity contribution in [3.63, 3.8) is 0 Å². The zero-order valence-corrected chi connectivity index (χ0v) is 11.2. The van der Waals surface area contributed by atoms with Crippen molar-refractivity contribution >= 4 is 15.8 Å². The first-order valence-corrected chi connectivity index (χ1v) is 7.22. The van der Waals surface area contributed by atoms with Crippen LogP contribution >= 0.6 is 0 Å². The van der Waals surface area contributed by atoms with Gasteiger partial charge in [0.1, 0.15) is 11.5 Å². The standard InChI is InChI=1S/C12H16O5S/c1-9-3-4-11(17-2)10(7-9)5-6-18(15,16)8-12(13)14/h3-4,7H,5-6,8H2,1-2H3,(H,13,14). The molecule has 0 atom stereocenters. The molecule has 0 aliphatic rings. The summed E-state index contributed by atoms with van der Waals surface area (Å²) in [5, 5.41) is 8.49. The molecule has 1 aromatic carbocycles. The minimum atomic E-state index is -3.57. The van der Waals surface area contributed by atoms with E-state index in [1.54, 1.807) is 6.07 Å². The van der Waals surface area contributed by atoms with Crippen molar-refractivity contribution in [3.05, 3.63) is 29.3 Å². The molecule has 1 aromatic rings. The van der Waals surface area contributed by atoms with Gasteiger partial charge in [-0.2, -0.15) is 0 Å². The maximum atomic E-state index is 11.5. The smallest absolute Gasteiger partial charge is 0.318 e. The summed E-state index contributed by atoms with van der Waals surface area (Å²) < 4.78 is 28.1. The lowest BCUT2D eigenvalue weighted by atomic mass is 10.1. The lowest BCUT2D eigenvalue weighted by Crippen LogP contribution is -2.19. The van der Waals surface area contributed by atoms with E-state index in [0.717, 1.165) is 11.1 Å². The van der Waals surface area contributed by atoms with E-state index in [9.17, 15) is 13.2 Å². The third kappa shape index (κ3) is 4.37. The second kappa shape index (κ2) is 5.86. The van der Waals surface area contributed by atoms with Gasteiger partial charge >= 0.3 is 5.97 Å². The van der Waals surface area contributed by atoms with Crippen LogP contribution in [0, 0.1) is 6.92 Å². The van der Waals surface area contributed by atoms with Crippen molar-refractivity contribution in [1.29, 1.82) is 0 Å². The second-order valence-corrected chi connectivity index (χ2v) is 6.24. The fourth-order valence-electron chi connectivity index (χ4n) is 1.63. The highest BCUT2D eigenvalue weighted by Gasteiger charge is 2.16. The lowest BCUT2D eigenvalue weighted by molar-refractivity contribution is -0.134. The molecule has 5 nitrogen and oxygen atoms in total. The molecule has 0 aliphatic heterocycles. The Balaban J connectivity index is 2.80. The molecule has 6 heteroatoms. The summed E-state index contributed by atoms with van der Waals surface area (Å²) in [6.07, 6.45) is 0.250. The number of ether oxygens (including phenoxy) is 1. The third-order valence-electron chi connectivity index (χ3n) is 2.46. The number of aryl methyl sites for hydroxylation is 2. The number of hydrogen-bond acceptors (Lipinski definition) is 4. The van der Waals surface area contributed by atoms with Crippen molar-refractivity contribution in [2.45, 2.75) is 13.3 Å². The molecule has 0 saturated carbocycles. The van der Waals surface area contributed by atoms with Gasteiger partial charge in [0.2, 0.25) is 0 Å². The van der Waals surface area contributed by atoms with Crippen molar-refractivity contribution in [2.24, 2.45) is 0 Å². The molecule has 0 amide bonds. The number of sulfone groups is 1. The minimum Gasteiger partial charge on any atom is -0.496 e. The van der Waals surface area contributed by atoms with Gasteiger partial charge in [-0.3, -0.25) is 4.79 Å². The van der Waals surface area contributed by atoms with Crippen molar-refractivity contribution in [1.82, 2.24) is 0 Å². The number of rotatable bonds is 6. The molecule has 0 aromatic heterocycles. The van der Waals surface area contributed by atoms with E-state index in [0.29, 0.717) is 5.75 Å². The van der Waals surface area contributed by atoms with E-state index in [4.69, 9.17) is 9.84 Å². The quantitative estimate of drug-likeness (QED) is 0.837. The van der Waals surface area contributed by atoms with Crippen LogP contribution in [0.2, 0.25) is 0 Å². The molecule has 0 fully saturated rings. The van der Waals surface area contributed by atoms with E-state index in [2.05, 4.69) is 0 Å². The zero-order chi connectivity index (χ0) is 13.8. The number of methoxy groups -OCH3 is 1. The first kappa shape index (κ1) is 14.5. The largest absolute Gasteiger partial charge is 0.496 e. The highest BCUT2D eigenvalue weighted by molar-refractivity contribution is 7.92. The maximum Gasteiger partial charge on any atom is 0.318 e. The SMILES string of the molecule is COc1ccc(C)cc1CCS(=O)(=O)CC(=O)O. The van der Waals surface area contributed by atoms with Gasteiger partial charge in [-0.25, -0.2) is 8.42 Å². The van der Waals surface area contributed by atoms with E-state index in [1.165, 1.54) is 7.11 Å². The molecule has 1 N–H and O–H groups in total. The average Bonchev–Trinajstić information content (AvgIpc) is 2.25. The van der Waals surface area contributed by atoms with E-state index >= 15 is 0 Å². The normalized spacial score (nSPS) is 11.2. The maximum absolute atomic E-state index is 11.5. The Hall–Kier alpha value is -1.56. The van der Waals surface area contributed by atoms with Crippen LogP contribution in [0.3, 0.4) is 0 Å². The zero-order valence-electron chi connectivity index (χ0n) is 10.3. The highest BCUT2D eigenvalue weighted by Crippen LogP contribution is 2.20. The number of hydrogen-bond donors (Lipinski definition) is 1. The Bertz CT molecular complexity index is 533. The van der Waals surface area contributed by atoms with Crippen LogP contribution in [-0.2, 0) is 21.1 Å². The van der Waals surface area contributed by atoms with Gasteiger partial charge in [-0.05, 0) is 25.0 Å². The number of carboxylic acid groups (broad SMARTS) is 1. The second-order valence-electron chi connectivity index (χ2n) is 4.05. The molecule has 0 saturated heterocycles. The van der Waals surface area contributed by atoms with E-state index in [1.807, 2.05) is 19.1 Å². The van der Waals surface area contributed by atoms with Crippen molar-refractivity contribution in [2.75, 3.05) is 18.6 Å². The van der Waals surface area contributed by atoms with Gasteiger partial charge in [-0.1, -0.05) is 17.7 Å². The summed E-state index contributed by atoms with van der Waals surface area (Å²) in [4.78, 5) is 10.4. The monoisotopic (exact) mass is 272 g/mol. The van der Waals surface area contributed by atoms with Crippen LogP contribution < -0.4 is 4.74 Å². The van der Waals surface area contributed by atoms with Gasteiger partial charge in [0.25, 0.3) is 0 Å². The Kier molecular flexibility index (Phi) is 4.72. The van der Waals surface area contributed by atoms with Gasteiger partial charge in [-0.15, -0.1) is 0 Å². The number of carbonyl (C=O) groups is 1. The third-order valence-corrected chi connectivity index (χ3v) is 3.97. The summed E-state index contributed by atoms with van der Waals surface area (Å²) in [7, 11) is -2.06. The average molecular weight is 272 g/mol. The van der Waals surface area contributed by atoms with Gasteiger partial charge in [0.05, 0.1) is 12.9 Å². The Morgan fingerprint density at radius 1 is 1.39 bits per heavy atom. The first-order chi connectivity index (χ1) is 8.34. The summed E-state index contributed by atoms with van der Waals surface area (Å²) in [6.45, 7) is 1.90. The predicted molar refractivity (Wildman–Crippen MR) is 67.7 cm³/mol. The molecule has 0 heterocycles. The Morgan fingerprint density at radius 3 is 2.61 bits per heavy atom. The lowest BCUT2D eigenvalue weighted by Gasteiger charge is -2.09. The summed E-state index contributed by atoms with van der Waals surface area (Å²) in [6, 6.07) is 5.48. The van der Waals surface area contributed by atoms with E-state index in [-0.39, 0.29) is 12.2 Å². The fourth-order valence-corrected chi connectivity index (χ4v) is 2.68. The van der Waals surface area contributed by atoms with Crippen molar-refractivity contribution in [3.8, 4) is 5.75 Å². The first-order valence-electron chi connectivity index (χ1n) is 5.40. The van der Waals surface area contributed by atoms with Crippen LogP contribution in [0.15, 0.2) is 18.2 Å². The minimum absolute atomic E-state index is 0.195. The fraction of sp³-hybridized carbons (Fsp3) is 0.417. The van der Waals surface area contributed by atoms with Gasteiger partial charge < -0.3 is 9.84 Å². The van der Waals surface area contributed by atoms with Crippen LogP contribution in [0.5, 0.6) is 5.75 Å². The highest BCUT2D eigenvalue weighted by atomic mass is 32.2. The predicted octanol–water partition coefficient (Wildman–Crippen LogP) is 1.05. The summed E-state index contributed by atoms with van der Waals surface area (Å²) in [5.74, 6) is -1.74.